The van der Waals surface area contributed by atoms with Crippen LogP contribution >= 0.6 is 7.60 Å². The Bertz CT molecular complexity index is 629. The Morgan fingerprint density at radius 2 is 1.43 bits per heavy atom. The van der Waals surface area contributed by atoms with Gasteiger partial charge >= 0.3 is 13.8 Å². The van der Waals surface area contributed by atoms with Crippen LogP contribution in [0.1, 0.15) is 11.7 Å². The molecular formula is C14H12F3O3P. The molecule has 0 aliphatic heterocycles. The lowest BCUT2D eigenvalue weighted by molar-refractivity contribution is -0.199. The summed E-state index contributed by atoms with van der Waals surface area (Å²) in [5, 5.41) is -0.185. The normalized spacial score (nSPS) is 16.2. The van der Waals surface area contributed by atoms with Crippen LogP contribution in [0.2, 0.25) is 0 Å². The van der Waals surface area contributed by atoms with Gasteiger partial charge in [0.1, 0.15) is 0 Å². The zero-order valence-corrected chi connectivity index (χ0v) is 11.6. The fourth-order valence-corrected chi connectivity index (χ4v) is 2.96. The van der Waals surface area contributed by atoms with E-state index in [2.05, 4.69) is 4.52 Å². The highest BCUT2D eigenvalue weighted by Crippen LogP contribution is 2.50. The summed E-state index contributed by atoms with van der Waals surface area (Å²) in [4.78, 5) is 9.81. The SMILES string of the molecule is O=P(O)(O[C@@H](c1ccccc1)C(F)(F)F)c1ccccc1. The van der Waals surface area contributed by atoms with Gasteiger partial charge in [-0.05, 0) is 17.7 Å². The molecule has 0 bridgehead atoms. The standard InChI is InChI=1S/C14H12F3O3P/c15-14(16,17)13(11-7-3-1-4-8-11)20-21(18,19)12-9-5-2-6-10-12/h1-10,13H,(H,18,19)/t13-/m0/s1. The Labute approximate surface area is 119 Å². The van der Waals surface area contributed by atoms with E-state index in [0.717, 1.165) is 0 Å². The molecule has 2 aromatic rings. The van der Waals surface area contributed by atoms with Crippen LogP contribution < -0.4 is 5.30 Å². The number of hydrogen-bond donors (Lipinski definition) is 1. The van der Waals surface area contributed by atoms with Crippen molar-refractivity contribution in [2.45, 2.75) is 12.3 Å². The molecule has 3 nitrogen and oxygen atoms in total. The van der Waals surface area contributed by atoms with Crippen molar-refractivity contribution in [3.05, 3.63) is 66.2 Å². The molecule has 0 aromatic heterocycles. The molecule has 2 rings (SSSR count). The van der Waals surface area contributed by atoms with E-state index in [9.17, 15) is 22.6 Å². The molecule has 21 heavy (non-hydrogen) atoms. The fourth-order valence-electron chi connectivity index (χ4n) is 1.76. The molecule has 0 aliphatic carbocycles. The first-order valence-corrected chi connectivity index (χ1v) is 7.57. The lowest BCUT2D eigenvalue weighted by Gasteiger charge is -2.23. The van der Waals surface area contributed by atoms with Crippen molar-refractivity contribution >= 4 is 12.9 Å². The maximum absolute atomic E-state index is 13.1. The van der Waals surface area contributed by atoms with Crippen molar-refractivity contribution in [1.82, 2.24) is 0 Å². The summed E-state index contributed by atoms with van der Waals surface area (Å²) >= 11 is 0. The average molecular weight is 316 g/mol. The van der Waals surface area contributed by atoms with Gasteiger partial charge in [-0.15, -0.1) is 0 Å². The molecule has 0 fully saturated rings. The summed E-state index contributed by atoms with van der Waals surface area (Å²) in [7, 11) is -4.58. The Balaban J connectivity index is 2.35. The van der Waals surface area contributed by atoms with E-state index in [1.807, 2.05) is 0 Å². The number of alkyl halides is 3. The second-order valence-corrected chi connectivity index (χ2v) is 6.06. The molecule has 0 heterocycles. The van der Waals surface area contributed by atoms with Crippen LogP contribution in [0.25, 0.3) is 0 Å². The highest BCUT2D eigenvalue weighted by atomic mass is 31.2. The van der Waals surface area contributed by atoms with Gasteiger partial charge in [0.15, 0.2) is 6.10 Å². The molecule has 0 amide bonds. The van der Waals surface area contributed by atoms with Crippen molar-refractivity contribution in [2.75, 3.05) is 0 Å². The number of halogens is 3. The summed E-state index contributed by atoms with van der Waals surface area (Å²) in [6.45, 7) is 0. The van der Waals surface area contributed by atoms with Gasteiger partial charge in [0, 0.05) is 0 Å². The second-order valence-electron chi connectivity index (χ2n) is 4.29. The Morgan fingerprint density at radius 1 is 0.952 bits per heavy atom. The molecule has 2 aromatic carbocycles. The summed E-state index contributed by atoms with van der Waals surface area (Å²) < 4.78 is 55.9. The van der Waals surface area contributed by atoms with Crippen molar-refractivity contribution in [3.8, 4) is 0 Å². The molecule has 0 saturated heterocycles. The zero-order valence-electron chi connectivity index (χ0n) is 10.7. The average Bonchev–Trinajstić information content (AvgIpc) is 2.46. The van der Waals surface area contributed by atoms with E-state index in [4.69, 9.17) is 0 Å². The summed E-state index contributed by atoms with van der Waals surface area (Å²) in [6, 6.07) is 13.7. The first kappa shape index (κ1) is 15.8. The summed E-state index contributed by atoms with van der Waals surface area (Å²) in [5.41, 5.74) is -0.227. The molecule has 1 unspecified atom stereocenters. The quantitative estimate of drug-likeness (QED) is 0.872. The van der Waals surface area contributed by atoms with Crippen LogP contribution in [0.5, 0.6) is 0 Å². The van der Waals surface area contributed by atoms with Gasteiger partial charge in [-0.2, -0.15) is 13.2 Å². The third-order valence-electron chi connectivity index (χ3n) is 2.73. The summed E-state index contributed by atoms with van der Waals surface area (Å²) in [6.07, 6.45) is -7.26. The minimum Gasteiger partial charge on any atom is -0.321 e. The maximum Gasteiger partial charge on any atom is 0.419 e. The number of benzene rings is 2. The molecule has 2 atom stereocenters. The van der Waals surface area contributed by atoms with E-state index < -0.39 is 19.9 Å². The van der Waals surface area contributed by atoms with Crippen molar-refractivity contribution < 1.29 is 27.2 Å². The second kappa shape index (κ2) is 6.02. The minimum atomic E-state index is -4.80. The molecule has 1 N–H and O–H groups in total. The van der Waals surface area contributed by atoms with E-state index in [-0.39, 0.29) is 10.9 Å². The fraction of sp³-hybridized carbons (Fsp3) is 0.143. The van der Waals surface area contributed by atoms with E-state index in [1.165, 1.54) is 48.5 Å². The van der Waals surface area contributed by atoms with Crippen LogP contribution in [0.15, 0.2) is 60.7 Å². The lowest BCUT2D eigenvalue weighted by atomic mass is 10.1. The van der Waals surface area contributed by atoms with E-state index >= 15 is 0 Å². The topological polar surface area (TPSA) is 46.5 Å². The third-order valence-corrected chi connectivity index (χ3v) is 4.18. The van der Waals surface area contributed by atoms with Crippen LogP contribution in [-0.2, 0) is 9.09 Å². The van der Waals surface area contributed by atoms with Crippen molar-refractivity contribution in [3.63, 3.8) is 0 Å². The Morgan fingerprint density at radius 3 is 1.90 bits per heavy atom. The first-order valence-electron chi connectivity index (χ1n) is 5.99. The van der Waals surface area contributed by atoms with Gasteiger partial charge in [0.25, 0.3) is 0 Å². The molecule has 0 spiro atoms. The van der Waals surface area contributed by atoms with Crippen LogP contribution in [0.3, 0.4) is 0 Å². The Kier molecular flexibility index (Phi) is 4.52. The lowest BCUT2D eigenvalue weighted by Crippen LogP contribution is -2.24. The number of rotatable bonds is 4. The van der Waals surface area contributed by atoms with Gasteiger partial charge in [0.2, 0.25) is 0 Å². The predicted octanol–water partition coefficient (Wildman–Crippen LogP) is 3.82. The molecule has 0 saturated carbocycles. The van der Waals surface area contributed by atoms with Crippen LogP contribution in [-0.4, -0.2) is 11.1 Å². The van der Waals surface area contributed by atoms with Gasteiger partial charge in [0.05, 0.1) is 5.30 Å². The highest BCUT2D eigenvalue weighted by molar-refractivity contribution is 7.61. The van der Waals surface area contributed by atoms with Gasteiger partial charge < -0.3 is 4.89 Å². The molecule has 7 heteroatoms. The molecule has 112 valence electrons. The van der Waals surface area contributed by atoms with Crippen LogP contribution in [0, 0.1) is 0 Å². The van der Waals surface area contributed by atoms with Crippen LogP contribution in [0.4, 0.5) is 13.2 Å². The Hall–Kier alpha value is -1.62. The first-order chi connectivity index (χ1) is 9.81. The van der Waals surface area contributed by atoms with Crippen molar-refractivity contribution in [1.29, 1.82) is 0 Å². The molecule has 0 aliphatic rings. The van der Waals surface area contributed by atoms with E-state index in [0.29, 0.717) is 0 Å². The maximum atomic E-state index is 13.1. The smallest absolute Gasteiger partial charge is 0.321 e. The number of hydrogen-bond acceptors (Lipinski definition) is 2. The predicted molar refractivity (Wildman–Crippen MR) is 72.2 cm³/mol. The van der Waals surface area contributed by atoms with Crippen molar-refractivity contribution in [2.24, 2.45) is 0 Å². The van der Waals surface area contributed by atoms with Gasteiger partial charge in [-0.1, -0.05) is 48.5 Å². The highest BCUT2D eigenvalue weighted by Gasteiger charge is 2.46. The third kappa shape index (κ3) is 3.94. The molecule has 0 radical (unpaired) electrons. The van der Waals surface area contributed by atoms with Gasteiger partial charge in [-0.25, -0.2) is 0 Å². The molecular weight excluding hydrogens is 304 g/mol. The summed E-state index contributed by atoms with van der Waals surface area (Å²) in [5.74, 6) is 0. The largest absolute Gasteiger partial charge is 0.419 e. The van der Waals surface area contributed by atoms with E-state index in [1.54, 1.807) is 12.1 Å². The van der Waals surface area contributed by atoms with Gasteiger partial charge in [-0.3, -0.25) is 9.09 Å². The zero-order chi connectivity index (χ0) is 15.5. The monoisotopic (exact) mass is 316 g/mol. The minimum absolute atomic E-state index is 0.185.